The van der Waals surface area contributed by atoms with Crippen molar-refractivity contribution in [2.24, 2.45) is 0 Å². The molecule has 0 saturated heterocycles. The predicted octanol–water partition coefficient (Wildman–Crippen LogP) is 2.29. The maximum atomic E-state index is 5.71. The summed E-state index contributed by atoms with van der Waals surface area (Å²) in [6.45, 7) is 4.33. The number of hydrogen-bond acceptors (Lipinski definition) is 2. The molecule has 1 aromatic heterocycles. The highest BCUT2D eigenvalue weighted by Gasteiger charge is 2.07. The molecule has 0 bridgehead atoms. The number of aromatic nitrogens is 2. The summed E-state index contributed by atoms with van der Waals surface area (Å²) in [4.78, 5) is 0. The van der Waals surface area contributed by atoms with E-state index in [4.69, 9.17) is 5.73 Å². The third-order valence-corrected chi connectivity index (χ3v) is 2.37. The van der Waals surface area contributed by atoms with Crippen LogP contribution in [0.3, 0.4) is 0 Å². The normalized spacial score (nSPS) is 10.6. The summed E-state index contributed by atoms with van der Waals surface area (Å²) < 4.78 is 0. The number of aryl methyl sites for hydroxylation is 1. The number of unbranched alkanes of at least 4 members (excludes halogenated alkanes) is 2. The van der Waals surface area contributed by atoms with Crippen LogP contribution in [-0.4, -0.2) is 10.2 Å². The van der Waals surface area contributed by atoms with E-state index in [0.29, 0.717) is 5.82 Å². The van der Waals surface area contributed by atoms with Crippen LogP contribution in [0.25, 0.3) is 0 Å². The lowest BCUT2D eigenvalue weighted by Crippen LogP contribution is -1.94. The van der Waals surface area contributed by atoms with Gasteiger partial charge in [0.05, 0.1) is 0 Å². The SMILES string of the molecule is CCCCCc1[nH]nc(N)c1CC. The molecule has 13 heavy (non-hydrogen) atoms. The number of rotatable bonds is 5. The second-order valence-electron chi connectivity index (χ2n) is 3.38. The van der Waals surface area contributed by atoms with Crippen LogP contribution in [0.1, 0.15) is 44.4 Å². The molecule has 0 fully saturated rings. The third-order valence-electron chi connectivity index (χ3n) is 2.37. The number of nitrogens with two attached hydrogens (primary N) is 1. The van der Waals surface area contributed by atoms with Gasteiger partial charge < -0.3 is 5.73 Å². The maximum Gasteiger partial charge on any atom is 0.148 e. The molecule has 0 aliphatic heterocycles. The Morgan fingerprint density at radius 2 is 2.08 bits per heavy atom. The lowest BCUT2D eigenvalue weighted by atomic mass is 10.1. The molecule has 3 N–H and O–H groups in total. The first-order valence-electron chi connectivity index (χ1n) is 5.11. The van der Waals surface area contributed by atoms with Crippen LogP contribution in [0.15, 0.2) is 0 Å². The minimum Gasteiger partial charge on any atom is -0.382 e. The van der Waals surface area contributed by atoms with E-state index in [1.807, 2.05) is 0 Å². The molecule has 0 unspecified atom stereocenters. The summed E-state index contributed by atoms with van der Waals surface area (Å²) in [5.41, 5.74) is 8.15. The van der Waals surface area contributed by atoms with Gasteiger partial charge in [-0.05, 0) is 19.3 Å². The quantitative estimate of drug-likeness (QED) is 0.685. The van der Waals surface area contributed by atoms with Crippen LogP contribution < -0.4 is 5.73 Å². The van der Waals surface area contributed by atoms with Gasteiger partial charge in [-0.1, -0.05) is 26.7 Å². The molecule has 3 nitrogen and oxygen atoms in total. The molecule has 3 heteroatoms. The Morgan fingerprint density at radius 1 is 1.31 bits per heavy atom. The number of nitrogen functional groups attached to an aromatic ring is 1. The Morgan fingerprint density at radius 3 is 2.69 bits per heavy atom. The van der Waals surface area contributed by atoms with Gasteiger partial charge in [-0.25, -0.2) is 0 Å². The molecule has 0 radical (unpaired) electrons. The largest absolute Gasteiger partial charge is 0.382 e. The second kappa shape index (κ2) is 4.90. The van der Waals surface area contributed by atoms with Gasteiger partial charge >= 0.3 is 0 Å². The molecule has 1 rings (SSSR count). The Bertz CT molecular complexity index is 253. The van der Waals surface area contributed by atoms with Crippen LogP contribution in [0, 0.1) is 0 Å². The minimum atomic E-state index is 0.675. The van der Waals surface area contributed by atoms with Gasteiger partial charge in [0, 0.05) is 11.3 Å². The first-order chi connectivity index (χ1) is 6.29. The summed E-state index contributed by atoms with van der Waals surface area (Å²) in [7, 11) is 0. The topological polar surface area (TPSA) is 54.7 Å². The lowest BCUT2D eigenvalue weighted by Gasteiger charge is -2.00. The Hall–Kier alpha value is -0.990. The monoisotopic (exact) mass is 181 g/mol. The predicted molar refractivity (Wildman–Crippen MR) is 55.6 cm³/mol. The van der Waals surface area contributed by atoms with Crippen molar-refractivity contribution in [3.63, 3.8) is 0 Å². The van der Waals surface area contributed by atoms with Gasteiger partial charge in [0.2, 0.25) is 0 Å². The zero-order valence-electron chi connectivity index (χ0n) is 8.56. The molecule has 0 amide bonds. The minimum absolute atomic E-state index is 0.675. The lowest BCUT2D eigenvalue weighted by molar-refractivity contribution is 0.702. The van der Waals surface area contributed by atoms with Crippen LogP contribution in [0.5, 0.6) is 0 Å². The molecule has 0 aliphatic rings. The van der Waals surface area contributed by atoms with E-state index >= 15 is 0 Å². The van der Waals surface area contributed by atoms with Gasteiger partial charge in [0.1, 0.15) is 5.82 Å². The molecular formula is C10H19N3. The average Bonchev–Trinajstić information content (AvgIpc) is 2.47. The zero-order chi connectivity index (χ0) is 9.68. The van der Waals surface area contributed by atoms with E-state index in [0.717, 1.165) is 12.8 Å². The molecule has 1 heterocycles. The van der Waals surface area contributed by atoms with Crippen molar-refractivity contribution in [3.05, 3.63) is 11.3 Å². The van der Waals surface area contributed by atoms with Crippen molar-refractivity contribution in [1.82, 2.24) is 10.2 Å². The van der Waals surface area contributed by atoms with E-state index < -0.39 is 0 Å². The van der Waals surface area contributed by atoms with Gasteiger partial charge in [0.15, 0.2) is 0 Å². The number of nitrogens with zero attached hydrogens (tertiary/aromatic N) is 1. The van der Waals surface area contributed by atoms with Crippen LogP contribution in [0.4, 0.5) is 5.82 Å². The fraction of sp³-hybridized carbons (Fsp3) is 0.700. The summed E-state index contributed by atoms with van der Waals surface area (Å²) in [5.74, 6) is 0.675. The smallest absolute Gasteiger partial charge is 0.148 e. The molecule has 0 spiro atoms. The molecule has 0 aliphatic carbocycles. The molecule has 0 atom stereocenters. The van der Waals surface area contributed by atoms with Crippen molar-refractivity contribution in [2.75, 3.05) is 5.73 Å². The Balaban J connectivity index is 2.55. The second-order valence-corrected chi connectivity index (χ2v) is 3.38. The molecule has 1 aromatic rings. The Labute approximate surface area is 79.7 Å². The maximum absolute atomic E-state index is 5.71. The highest BCUT2D eigenvalue weighted by molar-refractivity contribution is 5.41. The number of H-pyrrole nitrogens is 1. The van der Waals surface area contributed by atoms with Gasteiger partial charge in [0.25, 0.3) is 0 Å². The standard InChI is InChI=1S/C10H19N3/c1-3-5-6-7-9-8(4-2)10(11)13-12-9/h3-7H2,1-2H3,(H3,11,12,13). The van der Waals surface area contributed by atoms with Crippen molar-refractivity contribution < 1.29 is 0 Å². The number of hydrogen-bond donors (Lipinski definition) is 2. The average molecular weight is 181 g/mol. The third kappa shape index (κ3) is 2.47. The van der Waals surface area contributed by atoms with Crippen LogP contribution >= 0.6 is 0 Å². The van der Waals surface area contributed by atoms with Crippen LogP contribution in [-0.2, 0) is 12.8 Å². The van der Waals surface area contributed by atoms with Crippen molar-refractivity contribution in [3.8, 4) is 0 Å². The Kier molecular flexibility index (Phi) is 3.80. The van der Waals surface area contributed by atoms with Gasteiger partial charge in [-0.2, -0.15) is 5.10 Å². The van der Waals surface area contributed by atoms with E-state index in [9.17, 15) is 0 Å². The molecule has 74 valence electrons. The van der Waals surface area contributed by atoms with E-state index in [2.05, 4.69) is 24.0 Å². The molecule has 0 aromatic carbocycles. The zero-order valence-corrected chi connectivity index (χ0v) is 8.56. The number of nitrogens with one attached hydrogen (secondary N) is 1. The van der Waals surface area contributed by atoms with Gasteiger partial charge in [-0.3, -0.25) is 5.10 Å². The van der Waals surface area contributed by atoms with Crippen molar-refractivity contribution in [1.29, 1.82) is 0 Å². The van der Waals surface area contributed by atoms with Crippen molar-refractivity contribution >= 4 is 5.82 Å². The van der Waals surface area contributed by atoms with Crippen LogP contribution in [0.2, 0.25) is 0 Å². The first kappa shape index (κ1) is 10.1. The highest BCUT2D eigenvalue weighted by Crippen LogP contribution is 2.16. The summed E-state index contributed by atoms with van der Waals surface area (Å²) in [5, 5.41) is 7.03. The fourth-order valence-electron chi connectivity index (χ4n) is 1.57. The number of aromatic amines is 1. The summed E-state index contributed by atoms with van der Waals surface area (Å²) in [6.07, 6.45) is 5.82. The first-order valence-corrected chi connectivity index (χ1v) is 5.11. The fourth-order valence-corrected chi connectivity index (χ4v) is 1.57. The van der Waals surface area contributed by atoms with Gasteiger partial charge in [-0.15, -0.1) is 0 Å². The van der Waals surface area contributed by atoms with E-state index in [-0.39, 0.29) is 0 Å². The number of anilines is 1. The summed E-state index contributed by atoms with van der Waals surface area (Å²) in [6, 6.07) is 0. The van der Waals surface area contributed by atoms with Crippen molar-refractivity contribution in [2.45, 2.75) is 46.0 Å². The molecule has 0 saturated carbocycles. The van der Waals surface area contributed by atoms with E-state index in [1.165, 1.54) is 30.5 Å². The molecular weight excluding hydrogens is 162 g/mol. The summed E-state index contributed by atoms with van der Waals surface area (Å²) >= 11 is 0. The highest BCUT2D eigenvalue weighted by atomic mass is 15.2. The van der Waals surface area contributed by atoms with E-state index in [1.54, 1.807) is 0 Å².